The van der Waals surface area contributed by atoms with Gasteiger partial charge in [-0.15, -0.1) is 0 Å². The topological polar surface area (TPSA) is 107 Å². The molecule has 0 bridgehead atoms. The molecule has 1 aliphatic carbocycles. The molecule has 0 heterocycles. The van der Waals surface area contributed by atoms with Crippen molar-refractivity contribution in [1.82, 2.24) is 5.32 Å². The van der Waals surface area contributed by atoms with E-state index in [0.717, 1.165) is 0 Å². The quantitative estimate of drug-likeness (QED) is 0.289. The molecule has 1 aliphatic rings. The van der Waals surface area contributed by atoms with E-state index >= 15 is 0 Å². The van der Waals surface area contributed by atoms with Gasteiger partial charge in [-0.2, -0.15) is 0 Å². The highest BCUT2D eigenvalue weighted by molar-refractivity contribution is 5.80. The van der Waals surface area contributed by atoms with Gasteiger partial charge in [-0.25, -0.2) is 0 Å². The van der Waals surface area contributed by atoms with E-state index in [9.17, 15) is 9.90 Å². The van der Waals surface area contributed by atoms with Gasteiger partial charge in [-0.1, -0.05) is 5.11 Å². The van der Waals surface area contributed by atoms with Gasteiger partial charge < -0.3 is 15.2 Å². The fraction of sp³-hybridized carbons (Fsp3) is 0.900. The van der Waals surface area contributed by atoms with E-state index in [1.807, 2.05) is 6.92 Å². The summed E-state index contributed by atoms with van der Waals surface area (Å²) in [5.74, 6) is -0.836. The van der Waals surface area contributed by atoms with Crippen LogP contribution in [0.2, 0.25) is 0 Å². The molecule has 1 fully saturated rings. The first kappa shape index (κ1) is 13.8. The number of hydrogen-bond acceptors (Lipinski definition) is 4. The third-order valence-corrected chi connectivity index (χ3v) is 2.93. The standard InChI is InChI=1S/C10H18N4O3/c1-2-17-8-6-10(7-8,9(15)16)12-4-3-5-13-14-11/h8,12H,2-7H2,1H3,(H,15,16). The highest BCUT2D eigenvalue weighted by atomic mass is 16.5. The Kier molecular flexibility index (Phi) is 5.21. The predicted octanol–water partition coefficient (Wildman–Crippen LogP) is 1.30. The molecule has 2 N–H and O–H groups in total. The van der Waals surface area contributed by atoms with Crippen LogP contribution in [0.25, 0.3) is 10.4 Å². The van der Waals surface area contributed by atoms with Crippen molar-refractivity contribution in [2.45, 2.75) is 37.8 Å². The lowest BCUT2D eigenvalue weighted by Gasteiger charge is -2.44. The molecule has 1 rings (SSSR count). The number of carbonyl (C=O) groups is 1. The Morgan fingerprint density at radius 1 is 1.71 bits per heavy atom. The average molecular weight is 242 g/mol. The fourth-order valence-corrected chi connectivity index (χ4v) is 1.99. The van der Waals surface area contributed by atoms with E-state index in [4.69, 9.17) is 10.3 Å². The molecule has 1 saturated carbocycles. The second-order valence-electron chi connectivity index (χ2n) is 4.11. The second kappa shape index (κ2) is 6.44. The SMILES string of the molecule is CCOC1CC(NCCCN=[N+]=[N-])(C(=O)O)C1. The normalized spacial score (nSPS) is 27.0. The lowest BCUT2D eigenvalue weighted by molar-refractivity contribution is -0.157. The Hall–Kier alpha value is -1.30. The van der Waals surface area contributed by atoms with Crippen LogP contribution in [0, 0.1) is 0 Å². The molecular weight excluding hydrogens is 224 g/mol. The number of hydrogen-bond donors (Lipinski definition) is 2. The zero-order chi connectivity index (χ0) is 12.7. The first-order valence-electron chi connectivity index (χ1n) is 5.75. The van der Waals surface area contributed by atoms with E-state index in [1.54, 1.807) is 0 Å². The van der Waals surface area contributed by atoms with Gasteiger partial charge >= 0.3 is 5.97 Å². The molecular formula is C10H18N4O3. The molecule has 0 radical (unpaired) electrons. The van der Waals surface area contributed by atoms with Gasteiger partial charge in [-0.05, 0) is 25.4 Å². The summed E-state index contributed by atoms with van der Waals surface area (Å²) in [6.45, 7) is 3.42. The Labute approximate surface area is 99.8 Å². The van der Waals surface area contributed by atoms with Gasteiger partial charge in [0, 0.05) is 30.9 Å². The molecule has 96 valence electrons. The van der Waals surface area contributed by atoms with Crippen LogP contribution in [0.5, 0.6) is 0 Å². The third kappa shape index (κ3) is 3.59. The maximum Gasteiger partial charge on any atom is 0.324 e. The van der Waals surface area contributed by atoms with Gasteiger partial charge in [0.25, 0.3) is 0 Å². The number of carboxylic acids is 1. The summed E-state index contributed by atoms with van der Waals surface area (Å²) in [7, 11) is 0. The maximum absolute atomic E-state index is 11.2. The Morgan fingerprint density at radius 2 is 2.41 bits per heavy atom. The van der Waals surface area contributed by atoms with Crippen molar-refractivity contribution in [1.29, 1.82) is 0 Å². The molecule has 0 amide bonds. The number of aliphatic carboxylic acids is 1. The first-order valence-corrected chi connectivity index (χ1v) is 5.75. The van der Waals surface area contributed by atoms with E-state index in [1.165, 1.54) is 0 Å². The minimum Gasteiger partial charge on any atom is -0.480 e. The highest BCUT2D eigenvalue weighted by Gasteiger charge is 2.50. The summed E-state index contributed by atoms with van der Waals surface area (Å²) in [5, 5.41) is 15.6. The van der Waals surface area contributed by atoms with Crippen LogP contribution in [-0.4, -0.2) is 42.4 Å². The highest BCUT2D eigenvalue weighted by Crippen LogP contribution is 2.34. The Morgan fingerprint density at radius 3 is 2.94 bits per heavy atom. The van der Waals surface area contributed by atoms with Crippen molar-refractivity contribution in [2.75, 3.05) is 19.7 Å². The first-order chi connectivity index (χ1) is 8.14. The predicted molar refractivity (Wildman–Crippen MR) is 61.6 cm³/mol. The largest absolute Gasteiger partial charge is 0.480 e. The van der Waals surface area contributed by atoms with Crippen molar-refractivity contribution in [3.8, 4) is 0 Å². The molecule has 17 heavy (non-hydrogen) atoms. The molecule has 0 unspecified atom stereocenters. The molecule has 0 aliphatic heterocycles. The number of ether oxygens (including phenoxy) is 1. The van der Waals surface area contributed by atoms with Crippen LogP contribution in [0.1, 0.15) is 26.2 Å². The maximum atomic E-state index is 11.2. The summed E-state index contributed by atoms with van der Waals surface area (Å²) in [4.78, 5) is 13.8. The average Bonchev–Trinajstić information content (AvgIpc) is 2.24. The van der Waals surface area contributed by atoms with Crippen molar-refractivity contribution < 1.29 is 14.6 Å². The second-order valence-corrected chi connectivity index (χ2v) is 4.11. The lowest BCUT2D eigenvalue weighted by Crippen LogP contribution is -2.63. The van der Waals surface area contributed by atoms with E-state index in [2.05, 4.69) is 15.3 Å². The third-order valence-electron chi connectivity index (χ3n) is 2.93. The van der Waals surface area contributed by atoms with Crippen molar-refractivity contribution in [2.24, 2.45) is 5.11 Å². The van der Waals surface area contributed by atoms with Gasteiger partial charge in [0.15, 0.2) is 0 Å². The van der Waals surface area contributed by atoms with Crippen molar-refractivity contribution in [3.05, 3.63) is 10.4 Å². The Bertz CT molecular complexity index is 309. The van der Waals surface area contributed by atoms with E-state index < -0.39 is 11.5 Å². The van der Waals surface area contributed by atoms with Crippen LogP contribution >= 0.6 is 0 Å². The molecule has 7 heteroatoms. The number of rotatable bonds is 8. The van der Waals surface area contributed by atoms with Crippen LogP contribution in [0.3, 0.4) is 0 Å². The minimum atomic E-state index is -0.851. The molecule has 7 nitrogen and oxygen atoms in total. The lowest BCUT2D eigenvalue weighted by atomic mass is 9.74. The summed E-state index contributed by atoms with van der Waals surface area (Å²) in [5.41, 5.74) is 7.24. The van der Waals surface area contributed by atoms with Crippen LogP contribution in [-0.2, 0) is 9.53 Å². The fourth-order valence-electron chi connectivity index (χ4n) is 1.99. The van der Waals surface area contributed by atoms with Gasteiger partial charge in [0.1, 0.15) is 5.54 Å². The Balaban J connectivity index is 2.31. The van der Waals surface area contributed by atoms with Gasteiger partial charge in [-0.3, -0.25) is 4.79 Å². The molecule has 0 aromatic carbocycles. The monoisotopic (exact) mass is 242 g/mol. The summed E-state index contributed by atoms with van der Waals surface area (Å²) in [6.07, 6.45) is 1.68. The van der Waals surface area contributed by atoms with Crippen LogP contribution in [0.4, 0.5) is 0 Å². The van der Waals surface area contributed by atoms with Gasteiger partial charge in [0.2, 0.25) is 0 Å². The molecule has 0 aromatic rings. The smallest absolute Gasteiger partial charge is 0.324 e. The summed E-state index contributed by atoms with van der Waals surface area (Å²) < 4.78 is 5.36. The molecule has 0 aromatic heterocycles. The zero-order valence-corrected chi connectivity index (χ0v) is 9.93. The minimum absolute atomic E-state index is 0.0423. The van der Waals surface area contributed by atoms with E-state index in [-0.39, 0.29) is 6.10 Å². The molecule has 0 saturated heterocycles. The van der Waals surface area contributed by atoms with Crippen molar-refractivity contribution >= 4 is 5.97 Å². The van der Waals surface area contributed by atoms with Crippen molar-refractivity contribution in [3.63, 3.8) is 0 Å². The number of azide groups is 1. The molecule has 0 spiro atoms. The number of nitrogens with zero attached hydrogens (tertiary/aromatic N) is 3. The number of nitrogens with one attached hydrogen (secondary N) is 1. The summed E-state index contributed by atoms with van der Waals surface area (Å²) in [6, 6.07) is 0. The van der Waals surface area contributed by atoms with Gasteiger partial charge in [0.05, 0.1) is 6.10 Å². The van der Waals surface area contributed by atoms with Crippen LogP contribution < -0.4 is 5.32 Å². The summed E-state index contributed by atoms with van der Waals surface area (Å²) >= 11 is 0. The molecule has 0 atom stereocenters. The zero-order valence-electron chi connectivity index (χ0n) is 9.93. The number of carboxylic acid groups (broad SMARTS) is 1. The van der Waals surface area contributed by atoms with Crippen LogP contribution in [0.15, 0.2) is 5.11 Å². The van der Waals surface area contributed by atoms with E-state index in [0.29, 0.717) is 39.0 Å².